The molecule has 0 bridgehead atoms. The largest absolute Gasteiger partial charge is 0.325 e. The second kappa shape index (κ2) is 3.63. The van der Waals surface area contributed by atoms with Crippen LogP contribution in [0.5, 0.6) is 0 Å². The maximum atomic E-state index is 11.2. The highest BCUT2D eigenvalue weighted by Gasteiger charge is 2.38. The number of thioether (sulfide) groups is 1. The average Bonchev–Trinajstić information content (AvgIpc) is 2.63. The van der Waals surface area contributed by atoms with Crippen molar-refractivity contribution in [3.8, 4) is 0 Å². The fourth-order valence-corrected chi connectivity index (χ4v) is 2.60. The first-order valence-electron chi connectivity index (χ1n) is 4.46. The summed E-state index contributed by atoms with van der Waals surface area (Å²) >= 11 is 1.58. The number of carbonyl (C=O) groups excluding carboxylic acids is 1. The number of hydrogen-bond donors (Lipinski definition) is 2. The predicted octanol–water partition coefficient (Wildman–Crippen LogP) is 0.879. The second-order valence-corrected chi connectivity index (χ2v) is 4.32. The molecule has 0 aliphatic carbocycles. The van der Waals surface area contributed by atoms with E-state index in [9.17, 15) is 4.79 Å². The SMILES string of the molecule is CNC1(c2ccccc2)NC(=O)CS1. The van der Waals surface area contributed by atoms with Gasteiger partial charge in [-0.3, -0.25) is 10.1 Å². The predicted molar refractivity (Wildman–Crippen MR) is 57.8 cm³/mol. The molecule has 1 aliphatic rings. The number of rotatable bonds is 2. The van der Waals surface area contributed by atoms with Gasteiger partial charge in [0.05, 0.1) is 5.75 Å². The maximum Gasteiger partial charge on any atom is 0.232 e. The molecule has 0 radical (unpaired) electrons. The van der Waals surface area contributed by atoms with Crippen LogP contribution in [0.15, 0.2) is 30.3 Å². The van der Waals surface area contributed by atoms with E-state index in [1.807, 2.05) is 37.4 Å². The molecule has 1 unspecified atom stereocenters. The number of nitrogens with one attached hydrogen (secondary N) is 2. The van der Waals surface area contributed by atoms with E-state index >= 15 is 0 Å². The van der Waals surface area contributed by atoms with Gasteiger partial charge in [0, 0.05) is 5.56 Å². The van der Waals surface area contributed by atoms with Gasteiger partial charge in [-0.1, -0.05) is 30.3 Å². The molecule has 1 heterocycles. The molecule has 2 rings (SSSR count). The van der Waals surface area contributed by atoms with Crippen LogP contribution in [0.25, 0.3) is 0 Å². The molecule has 74 valence electrons. The number of benzene rings is 1. The topological polar surface area (TPSA) is 41.1 Å². The van der Waals surface area contributed by atoms with Crippen molar-refractivity contribution in [3.63, 3.8) is 0 Å². The third-order valence-electron chi connectivity index (χ3n) is 2.27. The van der Waals surface area contributed by atoms with Gasteiger partial charge in [-0.15, -0.1) is 11.8 Å². The zero-order valence-electron chi connectivity index (χ0n) is 7.91. The Bertz CT molecular complexity index is 341. The van der Waals surface area contributed by atoms with Crippen LogP contribution in [0.1, 0.15) is 5.56 Å². The summed E-state index contributed by atoms with van der Waals surface area (Å²) in [6, 6.07) is 9.93. The fraction of sp³-hybridized carbons (Fsp3) is 0.300. The molecule has 1 atom stereocenters. The van der Waals surface area contributed by atoms with E-state index in [1.165, 1.54) is 0 Å². The highest BCUT2D eigenvalue weighted by molar-refractivity contribution is 8.01. The lowest BCUT2D eigenvalue weighted by Gasteiger charge is -2.27. The molecule has 14 heavy (non-hydrogen) atoms. The molecule has 0 aromatic heterocycles. The average molecular weight is 208 g/mol. The number of hydrogen-bond acceptors (Lipinski definition) is 3. The highest BCUT2D eigenvalue weighted by Crippen LogP contribution is 2.34. The Labute approximate surface area is 87.3 Å². The number of amides is 1. The molecule has 2 N–H and O–H groups in total. The Hall–Kier alpha value is -1.000. The van der Waals surface area contributed by atoms with E-state index in [-0.39, 0.29) is 5.91 Å². The smallest absolute Gasteiger partial charge is 0.232 e. The molecule has 1 saturated heterocycles. The minimum absolute atomic E-state index is 0.0770. The van der Waals surface area contributed by atoms with Crippen molar-refractivity contribution >= 4 is 17.7 Å². The molecule has 1 aromatic carbocycles. The zero-order valence-corrected chi connectivity index (χ0v) is 8.73. The Morgan fingerprint density at radius 1 is 1.43 bits per heavy atom. The van der Waals surface area contributed by atoms with Crippen molar-refractivity contribution in [2.75, 3.05) is 12.8 Å². The Morgan fingerprint density at radius 2 is 2.14 bits per heavy atom. The molecule has 3 nitrogen and oxygen atoms in total. The van der Waals surface area contributed by atoms with E-state index in [4.69, 9.17) is 0 Å². The molecular formula is C10H12N2OS. The summed E-state index contributed by atoms with van der Waals surface area (Å²) in [5, 5.41) is 6.10. The minimum atomic E-state index is -0.432. The standard InChI is InChI=1S/C10H12N2OS/c1-11-10(12-9(13)7-14-10)8-5-3-2-4-6-8/h2-6,11H,7H2,1H3,(H,12,13). The summed E-state index contributed by atoms with van der Waals surface area (Å²) in [6.45, 7) is 0. The van der Waals surface area contributed by atoms with Gasteiger partial charge in [-0.05, 0) is 7.05 Å². The van der Waals surface area contributed by atoms with Gasteiger partial charge in [0.15, 0.2) is 4.99 Å². The van der Waals surface area contributed by atoms with E-state index in [1.54, 1.807) is 11.8 Å². The van der Waals surface area contributed by atoms with Gasteiger partial charge in [0.1, 0.15) is 0 Å². The van der Waals surface area contributed by atoms with Gasteiger partial charge in [0.25, 0.3) is 0 Å². The molecule has 0 saturated carbocycles. The van der Waals surface area contributed by atoms with Crippen LogP contribution in [0.3, 0.4) is 0 Å². The van der Waals surface area contributed by atoms with Crippen molar-refractivity contribution in [2.45, 2.75) is 4.99 Å². The minimum Gasteiger partial charge on any atom is -0.325 e. The lowest BCUT2D eigenvalue weighted by molar-refractivity contribution is -0.119. The van der Waals surface area contributed by atoms with Crippen LogP contribution in [0.4, 0.5) is 0 Å². The van der Waals surface area contributed by atoms with Crippen molar-refractivity contribution in [3.05, 3.63) is 35.9 Å². The first-order chi connectivity index (χ1) is 6.77. The molecule has 1 amide bonds. The Kier molecular flexibility index (Phi) is 2.48. The van der Waals surface area contributed by atoms with Gasteiger partial charge < -0.3 is 5.32 Å². The third-order valence-corrected chi connectivity index (χ3v) is 3.65. The van der Waals surface area contributed by atoms with Crippen molar-refractivity contribution < 1.29 is 4.79 Å². The summed E-state index contributed by atoms with van der Waals surface area (Å²) in [6.07, 6.45) is 0. The van der Waals surface area contributed by atoms with Gasteiger partial charge in [-0.2, -0.15) is 0 Å². The summed E-state index contributed by atoms with van der Waals surface area (Å²) in [5.41, 5.74) is 1.08. The van der Waals surface area contributed by atoms with Crippen molar-refractivity contribution in [1.29, 1.82) is 0 Å². The molecule has 1 aliphatic heterocycles. The first kappa shape index (κ1) is 9.55. The van der Waals surface area contributed by atoms with Crippen LogP contribution in [0, 0.1) is 0 Å². The second-order valence-electron chi connectivity index (χ2n) is 3.13. The lowest BCUT2D eigenvalue weighted by Crippen LogP contribution is -2.47. The monoisotopic (exact) mass is 208 g/mol. The summed E-state index contributed by atoms with van der Waals surface area (Å²) in [4.78, 5) is 10.8. The van der Waals surface area contributed by atoms with Crippen LogP contribution < -0.4 is 10.6 Å². The van der Waals surface area contributed by atoms with Crippen LogP contribution in [-0.4, -0.2) is 18.7 Å². The van der Waals surface area contributed by atoms with Crippen molar-refractivity contribution in [2.24, 2.45) is 0 Å². The summed E-state index contributed by atoms with van der Waals surface area (Å²) in [7, 11) is 1.85. The van der Waals surface area contributed by atoms with E-state index in [2.05, 4.69) is 10.6 Å². The number of carbonyl (C=O) groups is 1. The molecule has 0 spiro atoms. The molecule has 4 heteroatoms. The molecule has 1 fully saturated rings. The summed E-state index contributed by atoms with van der Waals surface area (Å²) in [5.74, 6) is 0.587. The van der Waals surface area contributed by atoms with Crippen molar-refractivity contribution in [1.82, 2.24) is 10.6 Å². The van der Waals surface area contributed by atoms with E-state index < -0.39 is 4.99 Å². The fourth-order valence-electron chi connectivity index (χ4n) is 1.55. The van der Waals surface area contributed by atoms with E-state index in [0.717, 1.165) is 5.56 Å². The Morgan fingerprint density at radius 3 is 2.64 bits per heavy atom. The normalized spacial score (nSPS) is 26.2. The quantitative estimate of drug-likeness (QED) is 0.758. The molecule has 1 aromatic rings. The molecular weight excluding hydrogens is 196 g/mol. The zero-order chi connectivity index (χ0) is 10.0. The summed E-state index contributed by atoms with van der Waals surface area (Å²) < 4.78 is 0. The third kappa shape index (κ3) is 1.51. The lowest BCUT2D eigenvalue weighted by atomic mass is 10.1. The Balaban J connectivity index is 2.34. The van der Waals surface area contributed by atoms with Crippen LogP contribution in [0.2, 0.25) is 0 Å². The van der Waals surface area contributed by atoms with Crippen LogP contribution in [-0.2, 0) is 9.79 Å². The maximum absolute atomic E-state index is 11.2. The van der Waals surface area contributed by atoms with Gasteiger partial charge in [0.2, 0.25) is 5.91 Å². The van der Waals surface area contributed by atoms with E-state index in [0.29, 0.717) is 5.75 Å². The first-order valence-corrected chi connectivity index (χ1v) is 5.45. The van der Waals surface area contributed by atoms with Crippen LogP contribution >= 0.6 is 11.8 Å². The van der Waals surface area contributed by atoms with Gasteiger partial charge >= 0.3 is 0 Å². The highest BCUT2D eigenvalue weighted by atomic mass is 32.2. The van der Waals surface area contributed by atoms with Gasteiger partial charge in [-0.25, -0.2) is 0 Å².